The summed E-state index contributed by atoms with van der Waals surface area (Å²) in [6, 6.07) is 7.25. The van der Waals surface area contributed by atoms with Crippen molar-refractivity contribution in [3.8, 4) is 5.75 Å². The molecule has 1 aromatic carbocycles. The number of aldehydes is 1. The van der Waals surface area contributed by atoms with Gasteiger partial charge in [0.1, 0.15) is 11.6 Å². The first-order valence-corrected chi connectivity index (χ1v) is 6.94. The maximum atomic E-state index is 12.3. The second-order valence-electron chi connectivity index (χ2n) is 4.90. The smallest absolute Gasteiger partial charge is 0.387 e. The molecule has 0 fully saturated rings. The predicted octanol–water partition coefficient (Wildman–Crippen LogP) is 2.99. The molecule has 0 radical (unpaired) electrons. The van der Waals surface area contributed by atoms with Gasteiger partial charge in [0.05, 0.1) is 11.8 Å². The summed E-state index contributed by atoms with van der Waals surface area (Å²) < 4.78 is 28.9. The molecule has 24 heavy (non-hydrogen) atoms. The van der Waals surface area contributed by atoms with E-state index in [2.05, 4.69) is 15.0 Å². The zero-order valence-electron chi connectivity index (χ0n) is 12.7. The molecule has 1 heterocycles. The van der Waals surface area contributed by atoms with Gasteiger partial charge < -0.3 is 20.6 Å². The molecule has 1 aromatic heterocycles. The van der Waals surface area contributed by atoms with Gasteiger partial charge in [0, 0.05) is 29.1 Å². The third-order valence-electron chi connectivity index (χ3n) is 3.07. The number of halogens is 2. The van der Waals surface area contributed by atoms with Crippen LogP contribution in [0.15, 0.2) is 36.5 Å². The molecule has 2 rings (SSSR count). The van der Waals surface area contributed by atoms with E-state index in [9.17, 15) is 18.7 Å². The lowest BCUT2D eigenvalue weighted by atomic mass is 10.1. The molecule has 0 saturated carbocycles. The predicted molar refractivity (Wildman–Crippen MR) is 84.5 cm³/mol. The lowest BCUT2D eigenvalue weighted by Crippen LogP contribution is -2.18. The van der Waals surface area contributed by atoms with Crippen LogP contribution in [0.2, 0.25) is 0 Å². The summed E-state index contributed by atoms with van der Waals surface area (Å²) in [5.74, 6) is 0.173. The fourth-order valence-corrected chi connectivity index (χ4v) is 1.96. The molecule has 6 nitrogen and oxygen atoms in total. The number of ether oxygens (including phenoxy) is 1. The third-order valence-corrected chi connectivity index (χ3v) is 3.07. The number of aliphatic hydroxyl groups is 1. The Labute approximate surface area is 136 Å². The number of rotatable bonds is 7. The van der Waals surface area contributed by atoms with Crippen molar-refractivity contribution in [2.45, 2.75) is 19.6 Å². The quantitative estimate of drug-likeness (QED) is 0.534. The fourth-order valence-electron chi connectivity index (χ4n) is 1.96. The minimum atomic E-state index is -2.94. The molecule has 8 heteroatoms. The average molecular weight is 335 g/mol. The Bertz CT molecular complexity index is 751. The van der Waals surface area contributed by atoms with E-state index in [0.717, 1.165) is 0 Å². The summed E-state index contributed by atoms with van der Waals surface area (Å²) in [6.45, 7) is -1.53. The largest absolute Gasteiger partial charge is 0.435 e. The molecule has 0 amide bonds. The summed E-state index contributed by atoms with van der Waals surface area (Å²) in [6.07, 6.45) is 0.808. The standard InChI is InChI=1S/C16H15F2N3O3/c1-9(23)14(19)13-5-10(8-22)7-20-15(13)21-11-3-2-4-12(6-11)24-16(17)18/h2-9,16,19,23H,1H3,(H,20,21)/t9-/m0/s1. The first-order chi connectivity index (χ1) is 11.4. The minimum absolute atomic E-state index is 0.0355. The molecular weight excluding hydrogens is 320 g/mol. The van der Waals surface area contributed by atoms with Crippen LogP contribution in [0.5, 0.6) is 5.75 Å². The molecule has 0 bridgehead atoms. The monoisotopic (exact) mass is 335 g/mol. The molecule has 3 N–H and O–H groups in total. The van der Waals surface area contributed by atoms with E-state index in [1.807, 2.05) is 0 Å². The van der Waals surface area contributed by atoms with Crippen molar-refractivity contribution in [3.05, 3.63) is 47.7 Å². The van der Waals surface area contributed by atoms with E-state index in [0.29, 0.717) is 12.0 Å². The van der Waals surface area contributed by atoms with Crippen molar-refractivity contribution in [2.24, 2.45) is 0 Å². The van der Waals surface area contributed by atoms with E-state index in [4.69, 9.17) is 5.41 Å². The van der Waals surface area contributed by atoms with Gasteiger partial charge in [-0.05, 0) is 25.1 Å². The number of alkyl halides is 2. The van der Waals surface area contributed by atoms with Crippen LogP contribution in [-0.4, -0.2) is 34.8 Å². The highest BCUT2D eigenvalue weighted by Crippen LogP contribution is 2.24. The number of hydrogen-bond acceptors (Lipinski definition) is 6. The molecule has 1 atom stereocenters. The fraction of sp³-hybridized carbons (Fsp3) is 0.188. The van der Waals surface area contributed by atoms with Gasteiger partial charge >= 0.3 is 6.61 Å². The number of aromatic nitrogens is 1. The molecule has 0 saturated heterocycles. The normalized spacial score (nSPS) is 11.9. The first-order valence-electron chi connectivity index (χ1n) is 6.94. The highest BCUT2D eigenvalue weighted by Gasteiger charge is 2.15. The number of anilines is 2. The maximum Gasteiger partial charge on any atom is 0.387 e. The zero-order valence-corrected chi connectivity index (χ0v) is 12.7. The highest BCUT2D eigenvalue weighted by atomic mass is 19.3. The van der Waals surface area contributed by atoms with Gasteiger partial charge in [-0.15, -0.1) is 0 Å². The van der Waals surface area contributed by atoms with Crippen molar-refractivity contribution in [2.75, 3.05) is 5.32 Å². The van der Waals surface area contributed by atoms with Gasteiger partial charge in [-0.3, -0.25) is 4.79 Å². The molecule has 0 aliphatic rings. The Balaban J connectivity index is 2.35. The van der Waals surface area contributed by atoms with Crippen LogP contribution in [0.1, 0.15) is 22.8 Å². The van der Waals surface area contributed by atoms with Crippen molar-refractivity contribution in [3.63, 3.8) is 0 Å². The summed E-state index contributed by atoms with van der Waals surface area (Å²) in [5.41, 5.74) is 0.748. The number of nitrogens with zero attached hydrogens (tertiary/aromatic N) is 1. The SMILES string of the molecule is C[C@H](O)C(=N)c1cc(C=O)cnc1Nc1cccc(OC(F)F)c1. The average Bonchev–Trinajstić information content (AvgIpc) is 2.54. The van der Waals surface area contributed by atoms with Gasteiger partial charge in [-0.1, -0.05) is 6.07 Å². The Hall–Kier alpha value is -2.87. The van der Waals surface area contributed by atoms with Crippen LogP contribution in [0.4, 0.5) is 20.3 Å². The lowest BCUT2D eigenvalue weighted by molar-refractivity contribution is -0.0498. The molecule has 0 spiro atoms. The van der Waals surface area contributed by atoms with Crippen LogP contribution in [0.25, 0.3) is 0 Å². The Morgan fingerprint density at radius 2 is 2.17 bits per heavy atom. The maximum absolute atomic E-state index is 12.3. The van der Waals surface area contributed by atoms with Gasteiger partial charge in [-0.25, -0.2) is 4.98 Å². The van der Waals surface area contributed by atoms with E-state index >= 15 is 0 Å². The molecule has 0 aliphatic carbocycles. The number of carbonyl (C=O) groups is 1. The molecule has 0 aliphatic heterocycles. The lowest BCUT2D eigenvalue weighted by Gasteiger charge is -2.14. The number of hydrogen-bond donors (Lipinski definition) is 3. The van der Waals surface area contributed by atoms with Gasteiger partial charge in [-0.2, -0.15) is 8.78 Å². The van der Waals surface area contributed by atoms with Crippen molar-refractivity contribution in [1.29, 1.82) is 5.41 Å². The van der Waals surface area contributed by atoms with Crippen LogP contribution in [0.3, 0.4) is 0 Å². The van der Waals surface area contributed by atoms with E-state index in [-0.39, 0.29) is 28.4 Å². The number of carbonyl (C=O) groups excluding carboxylic acids is 1. The Morgan fingerprint density at radius 3 is 2.79 bits per heavy atom. The Kier molecular flexibility index (Phi) is 5.54. The second-order valence-corrected chi connectivity index (χ2v) is 4.90. The zero-order chi connectivity index (χ0) is 17.7. The van der Waals surface area contributed by atoms with Gasteiger partial charge in [0.15, 0.2) is 6.29 Å². The topological polar surface area (TPSA) is 95.3 Å². The summed E-state index contributed by atoms with van der Waals surface area (Å²) in [4.78, 5) is 14.9. The summed E-state index contributed by atoms with van der Waals surface area (Å²) >= 11 is 0. The number of benzene rings is 1. The number of aliphatic hydroxyl groups excluding tert-OH is 1. The highest BCUT2D eigenvalue weighted by molar-refractivity contribution is 6.06. The number of pyridine rings is 1. The molecule has 0 unspecified atom stereocenters. The molecule has 2 aromatic rings. The van der Waals surface area contributed by atoms with Crippen LogP contribution in [-0.2, 0) is 0 Å². The number of nitrogens with one attached hydrogen (secondary N) is 2. The van der Waals surface area contributed by atoms with Gasteiger partial charge in [0.2, 0.25) is 0 Å². The van der Waals surface area contributed by atoms with Crippen LogP contribution >= 0.6 is 0 Å². The summed E-state index contributed by atoms with van der Waals surface area (Å²) in [5, 5.41) is 20.4. The van der Waals surface area contributed by atoms with Crippen molar-refractivity contribution >= 4 is 23.5 Å². The van der Waals surface area contributed by atoms with E-state index in [1.165, 1.54) is 37.4 Å². The van der Waals surface area contributed by atoms with E-state index in [1.54, 1.807) is 6.07 Å². The van der Waals surface area contributed by atoms with Crippen molar-refractivity contribution in [1.82, 2.24) is 4.98 Å². The molecule has 126 valence electrons. The second kappa shape index (κ2) is 7.60. The first kappa shape index (κ1) is 17.5. The van der Waals surface area contributed by atoms with Gasteiger partial charge in [0.25, 0.3) is 0 Å². The third kappa shape index (κ3) is 4.32. The van der Waals surface area contributed by atoms with Crippen LogP contribution in [0, 0.1) is 5.41 Å². The minimum Gasteiger partial charge on any atom is -0.435 e. The van der Waals surface area contributed by atoms with Crippen molar-refractivity contribution < 1.29 is 23.4 Å². The molecular formula is C16H15F2N3O3. The van der Waals surface area contributed by atoms with E-state index < -0.39 is 12.7 Å². The van der Waals surface area contributed by atoms with Crippen LogP contribution < -0.4 is 10.1 Å². The Morgan fingerprint density at radius 1 is 1.42 bits per heavy atom. The summed E-state index contributed by atoms with van der Waals surface area (Å²) in [7, 11) is 0.